The maximum absolute atomic E-state index is 13.5. The van der Waals surface area contributed by atoms with E-state index in [-0.39, 0.29) is 12.4 Å². The highest BCUT2D eigenvalue weighted by atomic mass is 127. The fraction of sp³-hybridized carbons (Fsp3) is 0.208. The molecule has 1 heterocycles. The molecule has 1 aliphatic heterocycles. The van der Waals surface area contributed by atoms with Crippen molar-refractivity contribution in [3.8, 4) is 5.75 Å². The van der Waals surface area contributed by atoms with Gasteiger partial charge in [-0.2, -0.15) is 0 Å². The molecular formula is C24H19BrINO6. The summed E-state index contributed by atoms with van der Waals surface area (Å²) in [5.74, 6) is -1.33. The van der Waals surface area contributed by atoms with E-state index < -0.39 is 17.9 Å². The number of esters is 2. The predicted octanol–water partition coefficient (Wildman–Crippen LogP) is 4.35. The second kappa shape index (κ2) is 9.30. The van der Waals surface area contributed by atoms with Gasteiger partial charge in [0.25, 0.3) is 0 Å². The summed E-state index contributed by atoms with van der Waals surface area (Å²) in [6.07, 6.45) is 0. The average Bonchev–Trinajstić information content (AvgIpc) is 3.08. The normalized spacial score (nSPS) is 16.8. The SMILES string of the molecule is COC(=O)COc1c(Br)cc([C@@H]2C(C(=O)OC)=C(C)NC3=C2C(=O)c2ccccc23)cc1I. The third-order valence-corrected chi connectivity index (χ3v) is 6.96. The van der Waals surface area contributed by atoms with Gasteiger partial charge in [0.2, 0.25) is 0 Å². The van der Waals surface area contributed by atoms with Crippen LogP contribution < -0.4 is 10.1 Å². The van der Waals surface area contributed by atoms with E-state index in [0.29, 0.717) is 47.5 Å². The fourth-order valence-corrected chi connectivity index (χ4v) is 5.89. The molecule has 9 heteroatoms. The number of ether oxygens (including phenoxy) is 3. The molecule has 0 aromatic heterocycles. The Bertz CT molecular complexity index is 1240. The van der Waals surface area contributed by atoms with E-state index in [4.69, 9.17) is 9.47 Å². The maximum atomic E-state index is 13.5. The van der Waals surface area contributed by atoms with Crippen LogP contribution in [0.25, 0.3) is 5.70 Å². The molecule has 0 saturated carbocycles. The first kappa shape index (κ1) is 23.5. The standard InChI is InChI=1S/C24H19BrINO6/c1-11-18(24(30)32-3)19(20-21(27-11)13-6-4-5-7-14(13)22(20)29)12-8-15(25)23(16(26)9-12)33-10-17(28)31-2/h4-9,19,27H,10H2,1-3H3/t19-/m1/s1. The van der Waals surface area contributed by atoms with Crippen LogP contribution in [-0.2, 0) is 19.1 Å². The summed E-state index contributed by atoms with van der Waals surface area (Å²) in [5, 5.41) is 3.26. The van der Waals surface area contributed by atoms with E-state index in [1.807, 2.05) is 24.3 Å². The van der Waals surface area contributed by atoms with Crippen LogP contribution in [0.2, 0.25) is 0 Å². The summed E-state index contributed by atoms with van der Waals surface area (Å²) in [6.45, 7) is 1.55. The minimum atomic E-state index is -0.645. The summed E-state index contributed by atoms with van der Waals surface area (Å²) < 4.78 is 16.6. The number of carbonyl (C=O) groups is 3. The summed E-state index contributed by atoms with van der Waals surface area (Å²) in [4.78, 5) is 37.8. The largest absolute Gasteiger partial charge is 0.480 e. The number of hydrogen-bond acceptors (Lipinski definition) is 7. The Kier molecular flexibility index (Phi) is 6.62. The van der Waals surface area contributed by atoms with Crippen LogP contribution >= 0.6 is 38.5 Å². The molecule has 0 unspecified atom stereocenters. The van der Waals surface area contributed by atoms with Gasteiger partial charge < -0.3 is 19.5 Å². The number of fused-ring (bicyclic) bond motifs is 2. The molecular weight excluding hydrogens is 605 g/mol. The first-order valence-electron chi connectivity index (χ1n) is 9.91. The molecule has 33 heavy (non-hydrogen) atoms. The summed E-state index contributed by atoms with van der Waals surface area (Å²) in [5.41, 5.74) is 4.28. The van der Waals surface area contributed by atoms with Gasteiger partial charge >= 0.3 is 11.9 Å². The molecule has 7 nitrogen and oxygen atoms in total. The van der Waals surface area contributed by atoms with Crippen LogP contribution in [0.4, 0.5) is 0 Å². The summed E-state index contributed by atoms with van der Waals surface area (Å²) in [7, 11) is 2.61. The number of halogens is 2. The third-order valence-electron chi connectivity index (χ3n) is 5.57. The van der Waals surface area contributed by atoms with Crippen molar-refractivity contribution in [2.75, 3.05) is 20.8 Å². The van der Waals surface area contributed by atoms with Gasteiger partial charge in [0.15, 0.2) is 12.4 Å². The van der Waals surface area contributed by atoms with E-state index in [2.05, 4.69) is 48.6 Å². The highest BCUT2D eigenvalue weighted by molar-refractivity contribution is 14.1. The van der Waals surface area contributed by atoms with Crippen molar-refractivity contribution in [1.29, 1.82) is 0 Å². The van der Waals surface area contributed by atoms with Gasteiger partial charge in [-0.15, -0.1) is 0 Å². The number of Topliss-reactive ketones (excluding diaryl/α,β-unsaturated/α-hetero) is 1. The van der Waals surface area contributed by atoms with E-state index >= 15 is 0 Å². The van der Waals surface area contributed by atoms with Crippen molar-refractivity contribution >= 4 is 61.9 Å². The van der Waals surface area contributed by atoms with E-state index in [1.54, 1.807) is 19.1 Å². The van der Waals surface area contributed by atoms with Gasteiger partial charge in [-0.1, -0.05) is 24.3 Å². The molecule has 0 amide bonds. The summed E-state index contributed by atoms with van der Waals surface area (Å²) in [6, 6.07) is 11.0. The molecule has 0 fully saturated rings. The van der Waals surface area contributed by atoms with Crippen LogP contribution in [0.3, 0.4) is 0 Å². The topological polar surface area (TPSA) is 90.9 Å². The van der Waals surface area contributed by atoms with E-state index in [9.17, 15) is 14.4 Å². The minimum Gasteiger partial charge on any atom is -0.480 e. The lowest BCUT2D eigenvalue weighted by Gasteiger charge is -2.29. The number of benzene rings is 2. The van der Waals surface area contributed by atoms with Crippen LogP contribution in [0.1, 0.15) is 34.3 Å². The molecule has 2 aromatic rings. The second-order valence-corrected chi connectivity index (χ2v) is 9.45. The molecule has 1 atom stereocenters. The lowest BCUT2D eigenvalue weighted by Crippen LogP contribution is -2.29. The lowest BCUT2D eigenvalue weighted by molar-refractivity contribution is -0.143. The molecule has 170 valence electrons. The van der Waals surface area contributed by atoms with Crippen LogP contribution in [-0.4, -0.2) is 38.5 Å². The van der Waals surface area contributed by atoms with Gasteiger partial charge in [-0.25, -0.2) is 9.59 Å². The number of nitrogens with one attached hydrogen (secondary N) is 1. The zero-order valence-corrected chi connectivity index (χ0v) is 21.7. The van der Waals surface area contributed by atoms with Crippen molar-refractivity contribution in [1.82, 2.24) is 5.32 Å². The Hall–Kier alpha value is -2.66. The van der Waals surface area contributed by atoms with Gasteiger partial charge in [0.1, 0.15) is 5.75 Å². The van der Waals surface area contributed by atoms with Crippen molar-refractivity contribution in [3.63, 3.8) is 0 Å². The lowest BCUT2D eigenvalue weighted by atomic mass is 9.80. The predicted molar refractivity (Wildman–Crippen MR) is 133 cm³/mol. The van der Waals surface area contributed by atoms with Gasteiger partial charge in [0.05, 0.1) is 33.5 Å². The summed E-state index contributed by atoms with van der Waals surface area (Å²) >= 11 is 5.61. The first-order valence-corrected chi connectivity index (χ1v) is 11.8. The van der Waals surface area contributed by atoms with E-state index in [0.717, 1.165) is 5.56 Å². The van der Waals surface area contributed by atoms with Crippen molar-refractivity contribution in [3.05, 3.63) is 78.0 Å². The van der Waals surface area contributed by atoms with Crippen LogP contribution in [0, 0.1) is 3.57 Å². The number of rotatable bonds is 5. The van der Waals surface area contributed by atoms with Crippen LogP contribution in [0.5, 0.6) is 5.75 Å². The van der Waals surface area contributed by atoms with Crippen molar-refractivity contribution in [2.45, 2.75) is 12.8 Å². The zero-order chi connectivity index (χ0) is 23.9. The average molecular weight is 624 g/mol. The number of carbonyl (C=O) groups excluding carboxylic acids is 3. The second-order valence-electron chi connectivity index (χ2n) is 7.43. The molecule has 2 aliphatic rings. The zero-order valence-electron chi connectivity index (χ0n) is 18.0. The number of dihydropyridines is 1. The quantitative estimate of drug-likeness (QED) is 0.391. The molecule has 0 saturated heterocycles. The molecule has 0 bridgehead atoms. The molecule has 1 aliphatic carbocycles. The molecule has 4 rings (SSSR count). The highest BCUT2D eigenvalue weighted by Crippen LogP contribution is 2.48. The highest BCUT2D eigenvalue weighted by Gasteiger charge is 2.43. The molecule has 1 N–H and O–H groups in total. The fourth-order valence-electron chi connectivity index (χ4n) is 4.12. The minimum absolute atomic E-state index is 0.135. The molecule has 2 aromatic carbocycles. The van der Waals surface area contributed by atoms with Crippen molar-refractivity contribution < 1.29 is 28.6 Å². The number of allylic oxidation sites excluding steroid dienone is 2. The number of hydrogen-bond donors (Lipinski definition) is 1. The Balaban J connectivity index is 1.86. The van der Waals surface area contributed by atoms with Gasteiger partial charge in [-0.05, 0) is 63.1 Å². The monoisotopic (exact) mass is 623 g/mol. The van der Waals surface area contributed by atoms with Gasteiger partial charge in [0, 0.05) is 28.3 Å². The number of ketones is 1. The Morgan fingerprint density at radius 2 is 1.82 bits per heavy atom. The van der Waals surface area contributed by atoms with Crippen LogP contribution in [0.15, 0.2) is 57.7 Å². The first-order chi connectivity index (χ1) is 15.8. The Morgan fingerprint density at radius 1 is 1.12 bits per heavy atom. The van der Waals surface area contributed by atoms with E-state index in [1.165, 1.54) is 14.2 Å². The van der Waals surface area contributed by atoms with Gasteiger partial charge in [-0.3, -0.25) is 4.79 Å². The maximum Gasteiger partial charge on any atom is 0.343 e. The molecule has 0 radical (unpaired) electrons. The molecule has 0 spiro atoms. The van der Waals surface area contributed by atoms with Crippen molar-refractivity contribution in [2.24, 2.45) is 0 Å². The Labute approximate surface area is 212 Å². The smallest absolute Gasteiger partial charge is 0.343 e. The third kappa shape index (κ3) is 4.08. The number of methoxy groups -OCH3 is 2. The Morgan fingerprint density at radius 3 is 2.45 bits per heavy atom.